The van der Waals surface area contributed by atoms with Crippen molar-refractivity contribution in [1.29, 1.82) is 0 Å². The molecule has 26 heavy (non-hydrogen) atoms. The average molecular weight is 379 g/mol. The fraction of sp³-hybridized carbons (Fsp3) is 0.500. The molecule has 0 radical (unpaired) electrons. The van der Waals surface area contributed by atoms with Crippen molar-refractivity contribution in [2.24, 2.45) is 7.05 Å². The Morgan fingerprint density at radius 3 is 2.69 bits per heavy atom. The third-order valence-corrected chi connectivity index (χ3v) is 5.01. The maximum Gasteiger partial charge on any atom is 0.235 e. The molecular formula is C18H23ClN4O3. The molecule has 4 rings (SSSR count). The van der Waals surface area contributed by atoms with E-state index in [0.29, 0.717) is 12.8 Å². The normalized spacial score (nSPS) is 21.3. The molecule has 2 saturated heterocycles. The highest BCUT2D eigenvalue weighted by atomic mass is 35.5. The summed E-state index contributed by atoms with van der Waals surface area (Å²) in [5.74, 6) is -0.0137. The minimum atomic E-state index is -0.377. The lowest BCUT2D eigenvalue weighted by Gasteiger charge is -2.23. The summed E-state index contributed by atoms with van der Waals surface area (Å²) in [7, 11) is 1.87. The van der Waals surface area contributed by atoms with Gasteiger partial charge in [-0.05, 0) is 44.5 Å². The molecule has 0 spiro atoms. The van der Waals surface area contributed by atoms with Crippen molar-refractivity contribution in [3.8, 4) is 5.75 Å². The van der Waals surface area contributed by atoms with Gasteiger partial charge in [0.05, 0.1) is 17.1 Å². The fourth-order valence-corrected chi connectivity index (χ4v) is 3.66. The molecule has 1 aromatic carbocycles. The summed E-state index contributed by atoms with van der Waals surface area (Å²) in [5.41, 5.74) is 1.67. The maximum absolute atomic E-state index is 12.2. The van der Waals surface area contributed by atoms with Crippen LogP contribution in [0.4, 0.5) is 0 Å². The highest BCUT2D eigenvalue weighted by molar-refractivity contribution is 6.02. The standard InChI is InChI=1S/C18H22N4O3.ClH/c1-22-15-10-12(25-11-6-8-19-9-7-11)2-3-13(15)17(21-22)14-4-5-16(23)20-18(14)24;/h2-3,10-11,14,19H,4-9H2,1H3,(H,20,23,24);1H. The van der Waals surface area contributed by atoms with E-state index in [2.05, 4.69) is 15.7 Å². The van der Waals surface area contributed by atoms with Crippen LogP contribution in [0, 0.1) is 0 Å². The Morgan fingerprint density at radius 1 is 1.19 bits per heavy atom. The van der Waals surface area contributed by atoms with Gasteiger partial charge in [0.15, 0.2) is 0 Å². The number of fused-ring (bicyclic) bond motifs is 1. The third-order valence-electron chi connectivity index (χ3n) is 5.01. The monoisotopic (exact) mass is 378 g/mol. The number of imide groups is 1. The van der Waals surface area contributed by atoms with E-state index in [1.807, 2.05) is 25.2 Å². The van der Waals surface area contributed by atoms with E-state index in [4.69, 9.17) is 4.74 Å². The number of halogens is 1. The van der Waals surface area contributed by atoms with Crippen LogP contribution in [-0.2, 0) is 16.6 Å². The lowest BCUT2D eigenvalue weighted by atomic mass is 9.93. The van der Waals surface area contributed by atoms with Gasteiger partial charge in [0.1, 0.15) is 11.9 Å². The molecule has 1 aromatic heterocycles. The van der Waals surface area contributed by atoms with E-state index in [1.165, 1.54) is 0 Å². The zero-order valence-electron chi connectivity index (χ0n) is 14.7. The molecule has 3 heterocycles. The van der Waals surface area contributed by atoms with Gasteiger partial charge in [-0.3, -0.25) is 19.6 Å². The van der Waals surface area contributed by atoms with Gasteiger partial charge in [0.25, 0.3) is 0 Å². The van der Waals surface area contributed by atoms with Crippen molar-refractivity contribution in [2.75, 3.05) is 13.1 Å². The highest BCUT2D eigenvalue weighted by Crippen LogP contribution is 2.32. The van der Waals surface area contributed by atoms with Gasteiger partial charge in [0.2, 0.25) is 11.8 Å². The summed E-state index contributed by atoms with van der Waals surface area (Å²) in [6.07, 6.45) is 3.10. The number of benzene rings is 1. The Labute approximate surface area is 157 Å². The minimum Gasteiger partial charge on any atom is -0.490 e. The van der Waals surface area contributed by atoms with Gasteiger partial charge in [-0.25, -0.2) is 0 Å². The molecule has 1 unspecified atom stereocenters. The van der Waals surface area contributed by atoms with Gasteiger partial charge in [-0.1, -0.05) is 0 Å². The Balaban J connectivity index is 0.00000196. The molecule has 7 nitrogen and oxygen atoms in total. The van der Waals surface area contributed by atoms with Gasteiger partial charge in [-0.15, -0.1) is 12.4 Å². The first kappa shape index (κ1) is 18.7. The van der Waals surface area contributed by atoms with E-state index in [0.717, 1.165) is 48.3 Å². The van der Waals surface area contributed by atoms with Gasteiger partial charge >= 0.3 is 0 Å². The fourth-order valence-electron chi connectivity index (χ4n) is 3.66. The minimum absolute atomic E-state index is 0. The van der Waals surface area contributed by atoms with Crippen molar-refractivity contribution < 1.29 is 14.3 Å². The number of aryl methyl sites for hydroxylation is 1. The van der Waals surface area contributed by atoms with Crippen molar-refractivity contribution >= 4 is 35.1 Å². The number of carbonyl (C=O) groups excluding carboxylic acids is 2. The maximum atomic E-state index is 12.2. The van der Waals surface area contributed by atoms with Crippen LogP contribution in [0.2, 0.25) is 0 Å². The second-order valence-corrected chi connectivity index (χ2v) is 6.76. The summed E-state index contributed by atoms with van der Waals surface area (Å²) in [6, 6.07) is 5.90. The number of nitrogens with zero attached hydrogens (tertiary/aromatic N) is 2. The summed E-state index contributed by atoms with van der Waals surface area (Å²) >= 11 is 0. The van der Waals surface area contributed by atoms with Crippen LogP contribution in [0.3, 0.4) is 0 Å². The number of carbonyl (C=O) groups is 2. The van der Waals surface area contributed by atoms with Gasteiger partial charge in [0, 0.05) is 24.9 Å². The summed E-state index contributed by atoms with van der Waals surface area (Å²) in [4.78, 5) is 23.6. The number of nitrogens with one attached hydrogen (secondary N) is 2. The molecular weight excluding hydrogens is 356 g/mol. The molecule has 8 heteroatoms. The molecule has 2 amide bonds. The molecule has 0 aliphatic carbocycles. The van der Waals surface area contributed by atoms with Gasteiger partial charge < -0.3 is 10.1 Å². The summed E-state index contributed by atoms with van der Waals surface area (Å²) in [5, 5.41) is 11.2. The Bertz CT molecular complexity index is 829. The van der Waals surface area contributed by atoms with E-state index in [-0.39, 0.29) is 36.2 Å². The lowest BCUT2D eigenvalue weighted by molar-refractivity contribution is -0.134. The quantitative estimate of drug-likeness (QED) is 0.793. The van der Waals surface area contributed by atoms with Crippen LogP contribution in [0.15, 0.2) is 18.2 Å². The van der Waals surface area contributed by atoms with Crippen molar-refractivity contribution in [1.82, 2.24) is 20.4 Å². The van der Waals surface area contributed by atoms with Gasteiger partial charge in [-0.2, -0.15) is 5.10 Å². The largest absolute Gasteiger partial charge is 0.490 e. The molecule has 2 fully saturated rings. The van der Waals surface area contributed by atoms with Crippen molar-refractivity contribution in [3.05, 3.63) is 23.9 Å². The number of aromatic nitrogens is 2. The number of piperidine rings is 2. The average Bonchev–Trinajstić information content (AvgIpc) is 2.92. The van der Waals surface area contributed by atoms with E-state index >= 15 is 0 Å². The zero-order valence-corrected chi connectivity index (χ0v) is 15.5. The third kappa shape index (κ3) is 3.54. The van der Waals surface area contributed by atoms with Crippen LogP contribution < -0.4 is 15.4 Å². The Hall–Kier alpha value is -2.12. The van der Waals surface area contributed by atoms with Crippen LogP contribution >= 0.6 is 12.4 Å². The molecule has 1 atom stereocenters. The first-order valence-electron chi connectivity index (χ1n) is 8.79. The molecule has 140 valence electrons. The van der Waals surface area contributed by atoms with E-state index in [9.17, 15) is 9.59 Å². The van der Waals surface area contributed by atoms with Crippen LogP contribution in [0.5, 0.6) is 5.75 Å². The summed E-state index contributed by atoms with van der Waals surface area (Å²) < 4.78 is 7.88. The van der Waals surface area contributed by atoms with E-state index in [1.54, 1.807) is 4.68 Å². The SMILES string of the molecule is Cl.Cn1nc(C2CCC(=O)NC2=O)c2ccc(OC3CCNCC3)cc21. The number of amides is 2. The number of hydrogen-bond acceptors (Lipinski definition) is 5. The van der Waals surface area contributed by atoms with Crippen LogP contribution in [-0.4, -0.2) is 40.8 Å². The Morgan fingerprint density at radius 2 is 1.96 bits per heavy atom. The molecule has 2 N–H and O–H groups in total. The first-order chi connectivity index (χ1) is 12.1. The smallest absolute Gasteiger partial charge is 0.235 e. The molecule has 0 bridgehead atoms. The predicted octanol–water partition coefficient (Wildman–Crippen LogP) is 1.65. The highest BCUT2D eigenvalue weighted by Gasteiger charge is 2.31. The van der Waals surface area contributed by atoms with Crippen LogP contribution in [0.1, 0.15) is 37.3 Å². The number of rotatable bonds is 3. The molecule has 2 aliphatic heterocycles. The van der Waals surface area contributed by atoms with Crippen LogP contribution in [0.25, 0.3) is 10.9 Å². The number of hydrogen-bond donors (Lipinski definition) is 2. The topological polar surface area (TPSA) is 85.2 Å². The molecule has 0 saturated carbocycles. The summed E-state index contributed by atoms with van der Waals surface area (Å²) in [6.45, 7) is 1.97. The zero-order chi connectivity index (χ0) is 17.4. The van der Waals surface area contributed by atoms with Crippen molar-refractivity contribution in [2.45, 2.75) is 37.7 Å². The van der Waals surface area contributed by atoms with E-state index < -0.39 is 0 Å². The predicted molar refractivity (Wildman–Crippen MR) is 99.6 cm³/mol. The second kappa shape index (κ2) is 7.63. The first-order valence-corrected chi connectivity index (χ1v) is 8.79. The van der Waals surface area contributed by atoms with Crippen molar-refractivity contribution in [3.63, 3.8) is 0 Å². The molecule has 2 aliphatic rings. The Kier molecular flexibility index (Phi) is 5.48. The molecule has 2 aromatic rings. The number of ether oxygens (including phenoxy) is 1. The lowest BCUT2D eigenvalue weighted by Crippen LogP contribution is -2.39. The second-order valence-electron chi connectivity index (χ2n) is 6.76.